The van der Waals surface area contributed by atoms with E-state index in [1.54, 1.807) is 0 Å². The molecule has 3 saturated carbocycles. The van der Waals surface area contributed by atoms with Gasteiger partial charge in [-0.2, -0.15) is 0 Å². The number of hydrogen-bond acceptors (Lipinski definition) is 0. The van der Waals surface area contributed by atoms with Gasteiger partial charge in [0.2, 0.25) is 6.43 Å². The maximum absolute atomic E-state index is 14.3. The summed E-state index contributed by atoms with van der Waals surface area (Å²) < 4.78 is 42.2. The SMILES string of the molecule is CC(C)(C)C1CC1CC(C)(C)C1(C(F)F)CC1CC(C)(C)C1(CF)CC1. The molecule has 26 heavy (non-hydrogen) atoms. The smallest absolute Gasteiger partial charge is 0.244 e. The average molecular weight is 373 g/mol. The molecule has 152 valence electrons. The van der Waals surface area contributed by atoms with Gasteiger partial charge in [-0.05, 0) is 72.5 Å². The van der Waals surface area contributed by atoms with Gasteiger partial charge in [-0.1, -0.05) is 48.5 Å². The van der Waals surface area contributed by atoms with Crippen LogP contribution in [0.3, 0.4) is 0 Å². The first-order chi connectivity index (χ1) is 11.7. The predicted molar refractivity (Wildman–Crippen MR) is 102 cm³/mol. The summed E-state index contributed by atoms with van der Waals surface area (Å²) in [5.41, 5.74) is -1.34. The van der Waals surface area contributed by atoms with Crippen molar-refractivity contribution < 1.29 is 13.2 Å². The van der Waals surface area contributed by atoms with Crippen LogP contribution in [-0.4, -0.2) is 13.1 Å². The van der Waals surface area contributed by atoms with E-state index in [2.05, 4.69) is 48.5 Å². The summed E-state index contributed by atoms with van der Waals surface area (Å²) in [6.45, 7) is 14.9. The van der Waals surface area contributed by atoms with E-state index in [0.29, 0.717) is 18.3 Å². The van der Waals surface area contributed by atoms with Gasteiger partial charge in [-0.15, -0.1) is 0 Å². The van der Waals surface area contributed by atoms with Crippen molar-refractivity contribution in [2.75, 3.05) is 6.67 Å². The molecule has 4 atom stereocenters. The highest BCUT2D eigenvalue weighted by molar-refractivity contribution is 5.16. The average Bonchev–Trinajstić information content (AvgIpc) is 3.31. The summed E-state index contributed by atoms with van der Waals surface area (Å²) in [6.07, 6.45) is 3.03. The van der Waals surface area contributed by atoms with E-state index in [0.717, 1.165) is 25.7 Å². The van der Waals surface area contributed by atoms with Gasteiger partial charge >= 0.3 is 0 Å². The summed E-state index contributed by atoms with van der Waals surface area (Å²) in [4.78, 5) is 0. The van der Waals surface area contributed by atoms with Gasteiger partial charge in [-0.3, -0.25) is 4.39 Å². The molecule has 3 rings (SSSR count). The van der Waals surface area contributed by atoms with Gasteiger partial charge in [-0.25, -0.2) is 8.78 Å². The Kier molecular flexibility index (Phi) is 4.65. The first-order valence-electron chi connectivity index (χ1n) is 10.6. The van der Waals surface area contributed by atoms with Crippen LogP contribution in [0, 0.1) is 44.8 Å². The first kappa shape index (κ1) is 20.5. The van der Waals surface area contributed by atoms with Crippen LogP contribution in [0.4, 0.5) is 13.2 Å². The molecule has 0 aromatic heterocycles. The lowest BCUT2D eigenvalue weighted by Crippen LogP contribution is -2.37. The number of alkyl halides is 3. The Hall–Kier alpha value is -0.210. The Bertz CT molecular complexity index is 538. The zero-order valence-corrected chi connectivity index (χ0v) is 17.9. The lowest BCUT2D eigenvalue weighted by atomic mass is 9.66. The van der Waals surface area contributed by atoms with Crippen molar-refractivity contribution in [2.24, 2.45) is 44.8 Å². The molecule has 0 heterocycles. The first-order valence-corrected chi connectivity index (χ1v) is 10.6. The van der Waals surface area contributed by atoms with Crippen molar-refractivity contribution in [3.8, 4) is 0 Å². The maximum atomic E-state index is 14.3. The van der Waals surface area contributed by atoms with E-state index in [4.69, 9.17) is 0 Å². The van der Waals surface area contributed by atoms with E-state index >= 15 is 0 Å². The van der Waals surface area contributed by atoms with E-state index in [-0.39, 0.29) is 34.3 Å². The van der Waals surface area contributed by atoms with Gasteiger partial charge in [0.1, 0.15) is 0 Å². The fraction of sp³-hybridized carbons (Fsp3) is 1.00. The summed E-state index contributed by atoms with van der Waals surface area (Å²) in [7, 11) is 0. The number of hydrogen-bond donors (Lipinski definition) is 0. The highest BCUT2D eigenvalue weighted by Gasteiger charge is 2.70. The third-order valence-corrected chi connectivity index (χ3v) is 8.91. The monoisotopic (exact) mass is 372 g/mol. The molecule has 0 bridgehead atoms. The van der Waals surface area contributed by atoms with Crippen molar-refractivity contribution >= 4 is 0 Å². The molecule has 3 fully saturated rings. The summed E-state index contributed by atoms with van der Waals surface area (Å²) >= 11 is 0. The van der Waals surface area contributed by atoms with Crippen LogP contribution in [0.2, 0.25) is 0 Å². The van der Waals surface area contributed by atoms with Crippen molar-refractivity contribution in [1.82, 2.24) is 0 Å². The van der Waals surface area contributed by atoms with E-state index in [9.17, 15) is 13.2 Å². The second-order valence-electron chi connectivity index (χ2n) is 12.3. The Balaban J connectivity index is 1.70. The normalized spacial score (nSPS) is 36.3. The number of halogens is 3. The third-order valence-electron chi connectivity index (χ3n) is 8.91. The van der Waals surface area contributed by atoms with Gasteiger partial charge < -0.3 is 0 Å². The fourth-order valence-electron chi connectivity index (χ4n) is 6.35. The minimum atomic E-state index is -2.27. The lowest BCUT2D eigenvalue weighted by Gasteiger charge is -2.39. The maximum Gasteiger partial charge on any atom is 0.244 e. The highest BCUT2D eigenvalue weighted by Crippen LogP contribution is 2.74. The zero-order valence-electron chi connectivity index (χ0n) is 17.9. The molecule has 0 saturated heterocycles. The largest absolute Gasteiger partial charge is 0.250 e. The second kappa shape index (κ2) is 5.89. The van der Waals surface area contributed by atoms with Gasteiger partial charge in [0.05, 0.1) is 6.67 Å². The minimum Gasteiger partial charge on any atom is -0.250 e. The van der Waals surface area contributed by atoms with Crippen LogP contribution < -0.4 is 0 Å². The Morgan fingerprint density at radius 1 is 0.923 bits per heavy atom. The molecular formula is C23H39F3. The van der Waals surface area contributed by atoms with Crippen molar-refractivity contribution in [3.05, 3.63) is 0 Å². The molecular weight excluding hydrogens is 333 g/mol. The summed E-state index contributed by atoms with van der Waals surface area (Å²) in [5, 5.41) is 0. The highest BCUT2D eigenvalue weighted by atomic mass is 19.3. The lowest BCUT2D eigenvalue weighted by molar-refractivity contribution is -0.0378. The second-order valence-corrected chi connectivity index (χ2v) is 12.3. The van der Waals surface area contributed by atoms with E-state index < -0.39 is 11.8 Å². The van der Waals surface area contributed by atoms with Crippen molar-refractivity contribution in [3.63, 3.8) is 0 Å². The molecule has 0 nitrogen and oxygen atoms in total. The van der Waals surface area contributed by atoms with Crippen LogP contribution in [0.5, 0.6) is 0 Å². The molecule has 0 aliphatic heterocycles. The third kappa shape index (κ3) is 3.13. The number of rotatable bonds is 8. The van der Waals surface area contributed by atoms with Crippen LogP contribution in [0.25, 0.3) is 0 Å². The molecule has 0 radical (unpaired) electrons. The Labute approximate surface area is 158 Å². The Morgan fingerprint density at radius 2 is 1.50 bits per heavy atom. The molecule has 3 aliphatic carbocycles. The standard InChI is InChI=1S/C23H39F3/c1-19(2,3)17-10-15(17)11-21(6,7)23(18(25)26)13-16(23)12-20(4,5)22(14-24)8-9-22/h15-18H,8-14H2,1-7H3. The molecule has 0 aromatic rings. The summed E-state index contributed by atoms with van der Waals surface area (Å²) in [5.74, 6) is 1.31. The fourth-order valence-corrected chi connectivity index (χ4v) is 6.35. The quantitative estimate of drug-likeness (QED) is 0.413. The molecule has 0 aromatic carbocycles. The van der Waals surface area contributed by atoms with Crippen LogP contribution in [-0.2, 0) is 0 Å². The molecule has 4 unspecified atom stereocenters. The molecule has 0 spiro atoms. The van der Waals surface area contributed by atoms with Gasteiger partial charge in [0, 0.05) is 10.8 Å². The van der Waals surface area contributed by atoms with Crippen molar-refractivity contribution in [1.29, 1.82) is 0 Å². The van der Waals surface area contributed by atoms with Crippen LogP contribution in [0.1, 0.15) is 87.0 Å². The Morgan fingerprint density at radius 3 is 1.88 bits per heavy atom. The molecule has 3 heteroatoms. The van der Waals surface area contributed by atoms with Gasteiger partial charge in [0.25, 0.3) is 0 Å². The topological polar surface area (TPSA) is 0 Å². The summed E-state index contributed by atoms with van der Waals surface area (Å²) in [6, 6.07) is 0. The van der Waals surface area contributed by atoms with E-state index in [1.807, 2.05) is 0 Å². The van der Waals surface area contributed by atoms with Crippen molar-refractivity contribution in [2.45, 2.75) is 93.4 Å². The zero-order chi connectivity index (χ0) is 19.8. The molecule has 0 N–H and O–H groups in total. The van der Waals surface area contributed by atoms with Gasteiger partial charge in [0.15, 0.2) is 0 Å². The predicted octanol–water partition coefficient (Wildman–Crippen LogP) is 7.52. The molecule has 0 amide bonds. The van der Waals surface area contributed by atoms with Crippen LogP contribution in [0.15, 0.2) is 0 Å². The van der Waals surface area contributed by atoms with Crippen LogP contribution >= 0.6 is 0 Å². The van der Waals surface area contributed by atoms with E-state index in [1.165, 1.54) is 6.42 Å². The molecule has 3 aliphatic rings. The minimum absolute atomic E-state index is 0.0448.